The molecule has 0 spiro atoms. The fourth-order valence-electron chi connectivity index (χ4n) is 4.01. The van der Waals surface area contributed by atoms with E-state index in [1.165, 1.54) is 0 Å². The number of nitrogens with zero attached hydrogens (tertiary/aromatic N) is 1. The molecule has 1 heterocycles. The van der Waals surface area contributed by atoms with Gasteiger partial charge in [-0.05, 0) is 75.1 Å². The molecule has 0 aromatic heterocycles. The molecular weight excluding hydrogens is 440 g/mol. The second-order valence-electron chi connectivity index (χ2n) is 7.95. The lowest BCUT2D eigenvalue weighted by Crippen LogP contribution is -2.26. The number of nitriles is 1. The Morgan fingerprint density at radius 3 is 2.58 bits per heavy atom. The summed E-state index contributed by atoms with van der Waals surface area (Å²) in [6, 6.07) is 11.6. The van der Waals surface area contributed by atoms with Crippen LogP contribution >= 0.6 is 11.6 Å². The highest BCUT2D eigenvalue weighted by molar-refractivity contribution is 6.30. The van der Waals surface area contributed by atoms with Crippen LogP contribution < -0.4 is 10.5 Å². The Kier molecular flexibility index (Phi) is 7.35. The summed E-state index contributed by atoms with van der Waals surface area (Å²) in [7, 11) is 0. The predicted octanol–water partition coefficient (Wildman–Crippen LogP) is 5.49. The average molecular weight is 467 g/mol. The van der Waals surface area contributed by atoms with Crippen LogP contribution in [0, 0.1) is 32.1 Å². The maximum Gasteiger partial charge on any atom is 0.338 e. The number of nitrogens with two attached hydrogens (primary N) is 1. The third-order valence-electron chi connectivity index (χ3n) is 5.63. The highest BCUT2D eigenvalue weighted by atomic mass is 35.5. The third-order valence-corrected chi connectivity index (χ3v) is 5.87. The van der Waals surface area contributed by atoms with Gasteiger partial charge in [-0.15, -0.1) is 0 Å². The molecule has 0 aliphatic carbocycles. The number of hydrogen-bond donors (Lipinski definition) is 1. The van der Waals surface area contributed by atoms with E-state index in [1.54, 1.807) is 19.9 Å². The van der Waals surface area contributed by atoms with Crippen LogP contribution in [0.25, 0.3) is 0 Å². The van der Waals surface area contributed by atoms with Crippen molar-refractivity contribution in [3.63, 3.8) is 0 Å². The zero-order valence-corrected chi connectivity index (χ0v) is 20.2. The number of allylic oxidation sites excluding steroid dienone is 2. The van der Waals surface area contributed by atoms with E-state index in [1.807, 2.05) is 45.0 Å². The largest absolute Gasteiger partial charge is 0.489 e. The van der Waals surface area contributed by atoms with Gasteiger partial charge in [0.2, 0.25) is 5.88 Å². The minimum absolute atomic E-state index is 0.0106. The second kappa shape index (κ2) is 10.0. The summed E-state index contributed by atoms with van der Waals surface area (Å²) in [5.74, 6) is -0.179. The van der Waals surface area contributed by atoms with Gasteiger partial charge < -0.3 is 19.9 Å². The average Bonchev–Trinajstić information content (AvgIpc) is 2.74. The van der Waals surface area contributed by atoms with Gasteiger partial charge in [-0.1, -0.05) is 29.3 Å². The van der Waals surface area contributed by atoms with E-state index in [4.69, 9.17) is 31.5 Å². The van der Waals surface area contributed by atoms with Crippen LogP contribution in [-0.4, -0.2) is 12.6 Å². The van der Waals surface area contributed by atoms with E-state index in [0.717, 1.165) is 33.6 Å². The van der Waals surface area contributed by atoms with Gasteiger partial charge in [0.25, 0.3) is 0 Å². The highest BCUT2D eigenvalue weighted by Gasteiger charge is 2.37. The zero-order valence-electron chi connectivity index (χ0n) is 19.4. The topological polar surface area (TPSA) is 94.6 Å². The van der Waals surface area contributed by atoms with Crippen LogP contribution in [0.15, 0.2) is 53.1 Å². The van der Waals surface area contributed by atoms with Crippen molar-refractivity contribution in [2.45, 2.75) is 47.1 Å². The molecule has 0 saturated carbocycles. The third kappa shape index (κ3) is 4.99. The number of benzene rings is 2. The van der Waals surface area contributed by atoms with Gasteiger partial charge in [-0.2, -0.15) is 5.26 Å². The number of hydrogen-bond acceptors (Lipinski definition) is 6. The van der Waals surface area contributed by atoms with Crippen LogP contribution in [0.1, 0.15) is 47.6 Å². The molecule has 0 amide bonds. The van der Waals surface area contributed by atoms with Gasteiger partial charge in [0.1, 0.15) is 29.8 Å². The van der Waals surface area contributed by atoms with E-state index in [9.17, 15) is 10.1 Å². The Morgan fingerprint density at radius 1 is 1.21 bits per heavy atom. The molecule has 1 aliphatic rings. The fourth-order valence-corrected chi connectivity index (χ4v) is 4.24. The molecule has 172 valence electrons. The molecule has 0 radical (unpaired) electrons. The highest BCUT2D eigenvalue weighted by Crippen LogP contribution is 2.42. The normalized spacial score (nSPS) is 15.7. The first-order chi connectivity index (χ1) is 15.7. The van der Waals surface area contributed by atoms with Gasteiger partial charge in [-0.25, -0.2) is 4.79 Å². The Bertz CT molecular complexity index is 1210. The van der Waals surface area contributed by atoms with Gasteiger partial charge in [0.05, 0.1) is 18.1 Å². The lowest BCUT2D eigenvalue weighted by Gasteiger charge is -2.28. The Balaban J connectivity index is 2.08. The molecule has 0 saturated heterocycles. The zero-order chi connectivity index (χ0) is 24.3. The minimum atomic E-state index is -0.696. The summed E-state index contributed by atoms with van der Waals surface area (Å²) in [5.41, 5.74) is 11.0. The number of carbonyl (C=O) groups excluding carboxylic acids is 1. The van der Waals surface area contributed by atoms with Crippen molar-refractivity contribution in [1.29, 1.82) is 5.26 Å². The summed E-state index contributed by atoms with van der Waals surface area (Å²) in [5, 5.41) is 10.5. The summed E-state index contributed by atoms with van der Waals surface area (Å²) < 4.78 is 16.9. The maximum atomic E-state index is 12.8. The Labute approximate surface area is 199 Å². The van der Waals surface area contributed by atoms with E-state index in [0.29, 0.717) is 17.4 Å². The molecule has 3 rings (SSSR count). The molecule has 2 N–H and O–H groups in total. The predicted molar refractivity (Wildman–Crippen MR) is 126 cm³/mol. The number of rotatable bonds is 6. The Morgan fingerprint density at radius 2 is 1.94 bits per heavy atom. The first-order valence-corrected chi connectivity index (χ1v) is 11.0. The van der Waals surface area contributed by atoms with Crippen LogP contribution in [0.3, 0.4) is 0 Å². The van der Waals surface area contributed by atoms with Gasteiger partial charge in [-0.3, -0.25) is 0 Å². The molecule has 1 atom stereocenters. The first-order valence-electron chi connectivity index (χ1n) is 10.6. The van der Waals surface area contributed by atoms with Crippen molar-refractivity contribution in [2.24, 2.45) is 5.73 Å². The standard InChI is InChI=1S/C26H27ClN2O4/c1-6-31-26(30)23-17(5)33-25(29)21(12-28)24(23)20-10-14(2)9-18(16(20)4)13-32-22-8-7-19(27)11-15(22)3/h7-11,24H,6,13,29H2,1-5H3/t24-/m0/s1. The smallest absolute Gasteiger partial charge is 0.338 e. The van der Waals surface area contributed by atoms with E-state index in [-0.39, 0.29) is 23.6 Å². The van der Waals surface area contributed by atoms with Crippen molar-refractivity contribution < 1.29 is 19.0 Å². The number of halogens is 1. The van der Waals surface area contributed by atoms with Crippen LogP contribution in [0.4, 0.5) is 0 Å². The molecule has 2 aromatic carbocycles. The lowest BCUT2D eigenvalue weighted by molar-refractivity contribution is -0.139. The summed E-state index contributed by atoms with van der Waals surface area (Å²) in [6.07, 6.45) is 0. The quantitative estimate of drug-likeness (QED) is 0.565. The molecular formula is C26H27ClN2O4. The molecule has 0 unspecified atom stereocenters. The summed E-state index contributed by atoms with van der Waals surface area (Å²) in [4.78, 5) is 12.8. The van der Waals surface area contributed by atoms with Gasteiger partial charge >= 0.3 is 5.97 Å². The van der Waals surface area contributed by atoms with Crippen molar-refractivity contribution in [3.05, 3.63) is 86.0 Å². The molecule has 6 nitrogen and oxygen atoms in total. The van der Waals surface area contributed by atoms with Crippen molar-refractivity contribution in [3.8, 4) is 11.8 Å². The molecule has 7 heteroatoms. The van der Waals surface area contributed by atoms with Crippen molar-refractivity contribution >= 4 is 17.6 Å². The molecule has 2 aromatic rings. The van der Waals surface area contributed by atoms with Crippen molar-refractivity contribution in [1.82, 2.24) is 0 Å². The molecule has 0 bridgehead atoms. The minimum Gasteiger partial charge on any atom is -0.489 e. The fraction of sp³-hybridized carbons (Fsp3) is 0.308. The van der Waals surface area contributed by atoms with E-state index in [2.05, 4.69) is 6.07 Å². The first kappa shape index (κ1) is 24.2. The molecule has 33 heavy (non-hydrogen) atoms. The maximum absolute atomic E-state index is 12.8. The van der Waals surface area contributed by atoms with E-state index < -0.39 is 11.9 Å². The number of esters is 1. The van der Waals surface area contributed by atoms with Crippen molar-refractivity contribution in [2.75, 3.05) is 6.61 Å². The second-order valence-corrected chi connectivity index (χ2v) is 8.39. The summed E-state index contributed by atoms with van der Waals surface area (Å²) in [6.45, 7) is 9.73. The van der Waals surface area contributed by atoms with Gasteiger partial charge in [0, 0.05) is 5.02 Å². The lowest BCUT2D eigenvalue weighted by atomic mass is 9.79. The molecule has 1 aliphatic heterocycles. The SMILES string of the molecule is CCOC(=O)C1=C(C)OC(N)=C(C#N)[C@@H]1c1cc(C)cc(COc2ccc(Cl)cc2C)c1C. The van der Waals surface area contributed by atoms with Crippen LogP contribution in [0.2, 0.25) is 5.02 Å². The number of aryl methyl sites for hydroxylation is 2. The molecule has 0 fully saturated rings. The summed E-state index contributed by atoms with van der Waals surface area (Å²) >= 11 is 6.05. The number of carbonyl (C=O) groups is 1. The number of ether oxygens (including phenoxy) is 3. The van der Waals surface area contributed by atoms with Crippen LogP contribution in [0.5, 0.6) is 5.75 Å². The monoisotopic (exact) mass is 466 g/mol. The van der Waals surface area contributed by atoms with Crippen LogP contribution in [-0.2, 0) is 20.9 Å². The van der Waals surface area contributed by atoms with E-state index >= 15 is 0 Å². The van der Waals surface area contributed by atoms with Gasteiger partial charge in [0.15, 0.2) is 0 Å². The Hall–Kier alpha value is -3.43.